The molecule has 0 bridgehead atoms. The van der Waals surface area contributed by atoms with Crippen molar-refractivity contribution in [3.05, 3.63) is 23.7 Å². The second-order valence-corrected chi connectivity index (χ2v) is 4.22. The van der Waals surface area contributed by atoms with Crippen LogP contribution in [0.15, 0.2) is 16.7 Å². The Morgan fingerprint density at radius 3 is 2.88 bits per heavy atom. The maximum Gasteiger partial charge on any atom is 0.236 e. The van der Waals surface area contributed by atoms with E-state index in [0.29, 0.717) is 13.1 Å². The van der Waals surface area contributed by atoms with Crippen molar-refractivity contribution in [2.75, 3.05) is 19.6 Å². The first kappa shape index (κ1) is 11.2. The molecule has 0 aliphatic carbocycles. The van der Waals surface area contributed by atoms with Gasteiger partial charge in [0.25, 0.3) is 0 Å². The monoisotopic (exact) mass is 222 g/mol. The van der Waals surface area contributed by atoms with Crippen LogP contribution in [0.1, 0.15) is 24.2 Å². The standard InChI is InChI=1S/C12H18N2O2/c1-10-4-7-16-11(10)8-13-9-12(15)14-5-2-3-6-14/h4,7,13H,2-3,5-6,8-9H2,1H3. The highest BCUT2D eigenvalue weighted by Crippen LogP contribution is 2.09. The van der Waals surface area contributed by atoms with E-state index in [2.05, 4.69) is 5.32 Å². The van der Waals surface area contributed by atoms with Gasteiger partial charge in [0.05, 0.1) is 19.4 Å². The first-order valence-corrected chi connectivity index (χ1v) is 5.79. The van der Waals surface area contributed by atoms with Crippen molar-refractivity contribution in [3.8, 4) is 0 Å². The van der Waals surface area contributed by atoms with Crippen LogP contribution in [0.4, 0.5) is 0 Å². The molecule has 2 heterocycles. The van der Waals surface area contributed by atoms with Crippen LogP contribution in [0.5, 0.6) is 0 Å². The van der Waals surface area contributed by atoms with Gasteiger partial charge >= 0.3 is 0 Å². The fourth-order valence-electron chi connectivity index (χ4n) is 1.95. The molecular weight excluding hydrogens is 204 g/mol. The first-order valence-electron chi connectivity index (χ1n) is 5.79. The number of rotatable bonds is 4. The molecule has 1 aromatic rings. The second kappa shape index (κ2) is 5.16. The van der Waals surface area contributed by atoms with E-state index in [9.17, 15) is 4.79 Å². The number of nitrogens with zero attached hydrogens (tertiary/aromatic N) is 1. The van der Waals surface area contributed by atoms with E-state index in [1.54, 1.807) is 6.26 Å². The van der Waals surface area contributed by atoms with Crippen molar-refractivity contribution in [2.45, 2.75) is 26.3 Å². The average Bonchev–Trinajstić information content (AvgIpc) is 2.90. The summed E-state index contributed by atoms with van der Waals surface area (Å²) in [6, 6.07) is 1.93. The molecule has 0 radical (unpaired) electrons. The predicted molar refractivity (Wildman–Crippen MR) is 61.0 cm³/mol. The molecule has 1 aromatic heterocycles. The molecule has 4 heteroatoms. The van der Waals surface area contributed by atoms with Crippen molar-refractivity contribution in [3.63, 3.8) is 0 Å². The van der Waals surface area contributed by atoms with E-state index in [1.807, 2.05) is 17.9 Å². The molecule has 4 nitrogen and oxygen atoms in total. The molecule has 0 atom stereocenters. The minimum absolute atomic E-state index is 0.196. The van der Waals surface area contributed by atoms with Gasteiger partial charge in [-0.3, -0.25) is 4.79 Å². The number of furan rings is 1. The van der Waals surface area contributed by atoms with Gasteiger partial charge in [0, 0.05) is 13.1 Å². The topological polar surface area (TPSA) is 45.5 Å². The highest BCUT2D eigenvalue weighted by atomic mass is 16.3. The van der Waals surface area contributed by atoms with E-state index in [0.717, 1.165) is 37.3 Å². The number of nitrogens with one attached hydrogen (secondary N) is 1. The van der Waals surface area contributed by atoms with Crippen molar-refractivity contribution < 1.29 is 9.21 Å². The maximum absolute atomic E-state index is 11.7. The van der Waals surface area contributed by atoms with Crippen molar-refractivity contribution in [1.82, 2.24) is 10.2 Å². The molecule has 0 saturated carbocycles. The molecule has 88 valence electrons. The molecule has 0 spiro atoms. The van der Waals surface area contributed by atoms with Crippen LogP contribution < -0.4 is 5.32 Å². The lowest BCUT2D eigenvalue weighted by molar-refractivity contribution is -0.129. The largest absolute Gasteiger partial charge is 0.468 e. The van der Waals surface area contributed by atoms with Crippen LogP contribution in [-0.2, 0) is 11.3 Å². The molecule has 1 saturated heterocycles. The Hall–Kier alpha value is -1.29. The third-order valence-corrected chi connectivity index (χ3v) is 2.99. The molecule has 0 unspecified atom stereocenters. The average molecular weight is 222 g/mol. The molecule has 1 aliphatic heterocycles. The molecular formula is C12H18N2O2. The molecule has 1 aliphatic rings. The lowest BCUT2D eigenvalue weighted by Crippen LogP contribution is -2.35. The summed E-state index contributed by atoms with van der Waals surface area (Å²) in [6.07, 6.45) is 3.96. The van der Waals surface area contributed by atoms with Gasteiger partial charge in [-0.15, -0.1) is 0 Å². The van der Waals surface area contributed by atoms with Crippen molar-refractivity contribution in [2.24, 2.45) is 0 Å². The summed E-state index contributed by atoms with van der Waals surface area (Å²) in [5.74, 6) is 1.11. The summed E-state index contributed by atoms with van der Waals surface area (Å²) in [4.78, 5) is 13.6. The van der Waals surface area contributed by atoms with E-state index in [1.165, 1.54) is 0 Å². The minimum Gasteiger partial charge on any atom is -0.468 e. The predicted octanol–water partition coefficient (Wildman–Crippen LogP) is 1.30. The number of hydrogen-bond donors (Lipinski definition) is 1. The Bertz CT molecular complexity index is 354. The van der Waals surface area contributed by atoms with Crippen LogP contribution in [0.25, 0.3) is 0 Å². The number of aryl methyl sites for hydroxylation is 1. The lowest BCUT2D eigenvalue weighted by Gasteiger charge is -2.15. The summed E-state index contributed by atoms with van der Waals surface area (Å²) >= 11 is 0. The molecule has 16 heavy (non-hydrogen) atoms. The fraction of sp³-hybridized carbons (Fsp3) is 0.583. The van der Waals surface area contributed by atoms with Gasteiger partial charge in [-0.2, -0.15) is 0 Å². The Balaban J connectivity index is 1.71. The SMILES string of the molecule is Cc1ccoc1CNCC(=O)N1CCCC1. The van der Waals surface area contributed by atoms with E-state index in [-0.39, 0.29) is 5.91 Å². The summed E-state index contributed by atoms with van der Waals surface area (Å²) < 4.78 is 5.28. The Kier molecular flexibility index (Phi) is 3.62. The zero-order valence-corrected chi connectivity index (χ0v) is 9.66. The third-order valence-electron chi connectivity index (χ3n) is 2.99. The van der Waals surface area contributed by atoms with E-state index < -0.39 is 0 Å². The smallest absolute Gasteiger partial charge is 0.236 e. The number of carbonyl (C=O) groups is 1. The number of amides is 1. The quantitative estimate of drug-likeness (QED) is 0.835. The number of carbonyl (C=O) groups excluding carboxylic acids is 1. The van der Waals surface area contributed by atoms with Gasteiger partial charge in [0.1, 0.15) is 5.76 Å². The van der Waals surface area contributed by atoms with Gasteiger partial charge in [0.15, 0.2) is 0 Å². The zero-order chi connectivity index (χ0) is 11.4. The lowest BCUT2D eigenvalue weighted by atomic mass is 10.3. The van der Waals surface area contributed by atoms with Gasteiger partial charge in [0.2, 0.25) is 5.91 Å². The van der Waals surface area contributed by atoms with E-state index >= 15 is 0 Å². The van der Waals surface area contributed by atoms with E-state index in [4.69, 9.17) is 4.42 Å². The number of likely N-dealkylation sites (tertiary alicyclic amines) is 1. The highest BCUT2D eigenvalue weighted by Gasteiger charge is 2.17. The Morgan fingerprint density at radius 2 is 2.25 bits per heavy atom. The van der Waals surface area contributed by atoms with Crippen LogP contribution in [-0.4, -0.2) is 30.4 Å². The van der Waals surface area contributed by atoms with Gasteiger partial charge in [-0.05, 0) is 31.4 Å². The highest BCUT2D eigenvalue weighted by molar-refractivity contribution is 5.78. The van der Waals surface area contributed by atoms with Crippen molar-refractivity contribution >= 4 is 5.91 Å². The van der Waals surface area contributed by atoms with Crippen LogP contribution in [0, 0.1) is 6.92 Å². The summed E-state index contributed by atoms with van der Waals surface area (Å²) in [5, 5.41) is 3.12. The fourth-order valence-corrected chi connectivity index (χ4v) is 1.95. The summed E-state index contributed by atoms with van der Waals surface area (Å²) in [6.45, 7) is 4.86. The minimum atomic E-state index is 0.196. The van der Waals surface area contributed by atoms with Crippen LogP contribution in [0.2, 0.25) is 0 Å². The van der Waals surface area contributed by atoms with Gasteiger partial charge < -0.3 is 14.6 Å². The molecule has 1 amide bonds. The van der Waals surface area contributed by atoms with Crippen LogP contribution in [0.3, 0.4) is 0 Å². The zero-order valence-electron chi connectivity index (χ0n) is 9.66. The van der Waals surface area contributed by atoms with Crippen LogP contribution >= 0.6 is 0 Å². The van der Waals surface area contributed by atoms with Gasteiger partial charge in [-0.25, -0.2) is 0 Å². The van der Waals surface area contributed by atoms with Gasteiger partial charge in [-0.1, -0.05) is 0 Å². The molecule has 1 N–H and O–H groups in total. The summed E-state index contributed by atoms with van der Waals surface area (Å²) in [5.41, 5.74) is 1.13. The number of hydrogen-bond acceptors (Lipinski definition) is 3. The summed E-state index contributed by atoms with van der Waals surface area (Å²) in [7, 11) is 0. The second-order valence-electron chi connectivity index (χ2n) is 4.22. The molecule has 1 fully saturated rings. The molecule has 0 aromatic carbocycles. The Labute approximate surface area is 95.6 Å². The Morgan fingerprint density at radius 1 is 1.50 bits per heavy atom. The molecule has 2 rings (SSSR count). The third kappa shape index (κ3) is 2.64. The first-order chi connectivity index (χ1) is 7.77. The van der Waals surface area contributed by atoms with Crippen molar-refractivity contribution in [1.29, 1.82) is 0 Å². The maximum atomic E-state index is 11.7. The normalized spacial score (nSPS) is 15.7.